The van der Waals surface area contributed by atoms with Gasteiger partial charge in [0.05, 0.1) is 19.2 Å². The summed E-state index contributed by atoms with van der Waals surface area (Å²) in [6.45, 7) is 0. The molecule has 0 aliphatic heterocycles. The number of methoxy groups -OCH3 is 1. The largest absolute Gasteiger partial charge is 0.469 e. The van der Waals surface area contributed by atoms with Crippen LogP contribution in [0.5, 0.6) is 0 Å². The molecule has 2 rings (SSSR count). The molecule has 0 radical (unpaired) electrons. The quantitative estimate of drug-likeness (QED) is 0.819. The van der Waals surface area contributed by atoms with Gasteiger partial charge in [-0.05, 0) is 11.5 Å². The predicted molar refractivity (Wildman–Crippen MR) is 63.3 cm³/mol. The molecule has 0 unspecified atom stereocenters. The fraction of sp³-hybridized carbons (Fsp3) is 0.231. The topological polar surface area (TPSA) is 59.4 Å². The number of benzene rings is 1. The average molecular weight is 231 g/mol. The normalized spacial score (nSPS) is 12.4. The molecule has 0 fully saturated rings. The van der Waals surface area contributed by atoms with E-state index in [0.29, 0.717) is 5.69 Å². The first kappa shape index (κ1) is 11.5. The number of hydrogen-bond donors (Lipinski definition) is 1. The van der Waals surface area contributed by atoms with Crippen molar-refractivity contribution in [3.8, 4) is 0 Å². The fourth-order valence-corrected chi connectivity index (χ4v) is 1.75. The number of aromatic nitrogens is 1. The van der Waals surface area contributed by atoms with Crippen molar-refractivity contribution < 1.29 is 14.6 Å². The Balaban J connectivity index is 2.38. The molecule has 4 nitrogen and oxygen atoms in total. The fourth-order valence-electron chi connectivity index (χ4n) is 1.75. The average Bonchev–Trinajstić information content (AvgIpc) is 2.37. The lowest BCUT2D eigenvalue weighted by Gasteiger charge is -2.11. The Morgan fingerprint density at radius 2 is 2.18 bits per heavy atom. The van der Waals surface area contributed by atoms with Gasteiger partial charge in [0.1, 0.15) is 6.10 Å². The van der Waals surface area contributed by atoms with Crippen LogP contribution in [-0.4, -0.2) is 23.2 Å². The first-order valence-corrected chi connectivity index (χ1v) is 5.31. The second-order valence-electron chi connectivity index (χ2n) is 3.71. The van der Waals surface area contributed by atoms with Crippen LogP contribution in [0.15, 0.2) is 36.5 Å². The summed E-state index contributed by atoms with van der Waals surface area (Å²) in [6.07, 6.45) is 0.601. The molecule has 0 spiro atoms. The van der Waals surface area contributed by atoms with E-state index in [1.807, 2.05) is 30.3 Å². The minimum absolute atomic E-state index is 0.0858. The Morgan fingerprint density at radius 1 is 1.41 bits per heavy atom. The van der Waals surface area contributed by atoms with Crippen molar-refractivity contribution in [1.82, 2.24) is 4.98 Å². The number of carbonyl (C=O) groups excluding carboxylic acids is 1. The molecule has 0 aliphatic rings. The zero-order valence-electron chi connectivity index (χ0n) is 9.46. The lowest BCUT2D eigenvalue weighted by Crippen LogP contribution is -2.09. The van der Waals surface area contributed by atoms with E-state index in [9.17, 15) is 9.90 Å². The number of rotatable bonds is 3. The summed E-state index contributed by atoms with van der Waals surface area (Å²) >= 11 is 0. The van der Waals surface area contributed by atoms with E-state index >= 15 is 0 Å². The maximum Gasteiger partial charge on any atom is 0.308 e. The van der Waals surface area contributed by atoms with Gasteiger partial charge in [-0.2, -0.15) is 0 Å². The van der Waals surface area contributed by atoms with Crippen LogP contribution in [0.1, 0.15) is 18.2 Å². The number of fused-ring (bicyclic) bond motifs is 1. The number of esters is 1. The maximum absolute atomic E-state index is 11.1. The molecule has 1 aromatic carbocycles. The van der Waals surface area contributed by atoms with E-state index in [1.165, 1.54) is 7.11 Å². The summed E-state index contributed by atoms with van der Waals surface area (Å²) in [5.41, 5.74) is 0.508. The van der Waals surface area contributed by atoms with Crippen molar-refractivity contribution in [2.45, 2.75) is 12.5 Å². The van der Waals surface area contributed by atoms with E-state index < -0.39 is 12.1 Å². The summed E-state index contributed by atoms with van der Waals surface area (Å²) < 4.78 is 4.53. The van der Waals surface area contributed by atoms with Crippen molar-refractivity contribution in [2.75, 3.05) is 7.11 Å². The highest BCUT2D eigenvalue weighted by Gasteiger charge is 2.16. The Morgan fingerprint density at radius 3 is 2.94 bits per heavy atom. The smallest absolute Gasteiger partial charge is 0.308 e. The van der Waals surface area contributed by atoms with E-state index in [2.05, 4.69) is 9.72 Å². The number of hydrogen-bond acceptors (Lipinski definition) is 4. The number of aliphatic hydroxyl groups is 1. The highest BCUT2D eigenvalue weighted by Crippen LogP contribution is 2.24. The molecule has 2 aromatic rings. The highest BCUT2D eigenvalue weighted by atomic mass is 16.5. The second-order valence-corrected chi connectivity index (χ2v) is 3.71. The molecule has 0 amide bonds. The van der Waals surface area contributed by atoms with Gasteiger partial charge in [0.25, 0.3) is 0 Å². The van der Waals surface area contributed by atoms with Gasteiger partial charge in [-0.25, -0.2) is 0 Å². The predicted octanol–water partition coefficient (Wildman–Crippen LogP) is 1.83. The Labute approximate surface area is 98.9 Å². The summed E-state index contributed by atoms with van der Waals surface area (Å²) in [5.74, 6) is -0.452. The first-order valence-electron chi connectivity index (χ1n) is 5.31. The molecule has 0 aliphatic carbocycles. The van der Waals surface area contributed by atoms with Crippen molar-refractivity contribution in [1.29, 1.82) is 0 Å². The molecule has 1 atom stereocenters. The molecule has 1 aromatic heterocycles. The van der Waals surface area contributed by atoms with Crippen molar-refractivity contribution in [3.63, 3.8) is 0 Å². The van der Waals surface area contributed by atoms with Gasteiger partial charge in [0, 0.05) is 11.6 Å². The zero-order chi connectivity index (χ0) is 12.3. The lowest BCUT2D eigenvalue weighted by atomic mass is 10.0. The second kappa shape index (κ2) is 4.93. The lowest BCUT2D eigenvalue weighted by molar-refractivity contribution is -0.142. The Kier molecular flexibility index (Phi) is 3.35. The zero-order valence-corrected chi connectivity index (χ0v) is 9.46. The molecule has 0 bridgehead atoms. The first-order chi connectivity index (χ1) is 8.22. The number of nitrogens with zero attached hydrogens (tertiary/aromatic N) is 1. The van der Waals surface area contributed by atoms with E-state index in [-0.39, 0.29) is 6.42 Å². The third-order valence-electron chi connectivity index (χ3n) is 2.61. The van der Waals surface area contributed by atoms with Crippen LogP contribution in [-0.2, 0) is 9.53 Å². The standard InChI is InChI=1S/C13H13NO3/c1-17-12(16)8-11(15)13-10-5-3-2-4-9(10)6-7-14-13/h2-7,11,15H,8H2,1H3/t11-/m0/s1. The van der Waals surface area contributed by atoms with Crippen LogP contribution in [0, 0.1) is 0 Å². The van der Waals surface area contributed by atoms with Crippen LogP contribution < -0.4 is 0 Å². The van der Waals surface area contributed by atoms with Crippen LogP contribution in [0.25, 0.3) is 10.8 Å². The molecule has 4 heteroatoms. The van der Waals surface area contributed by atoms with Gasteiger partial charge < -0.3 is 9.84 Å². The molecular weight excluding hydrogens is 218 g/mol. The molecule has 88 valence electrons. The van der Waals surface area contributed by atoms with Crippen LogP contribution in [0.4, 0.5) is 0 Å². The molecule has 1 N–H and O–H groups in total. The monoisotopic (exact) mass is 231 g/mol. The number of carbonyl (C=O) groups is 1. The van der Waals surface area contributed by atoms with Gasteiger partial charge in [0.15, 0.2) is 0 Å². The minimum atomic E-state index is -0.937. The number of ether oxygens (including phenoxy) is 1. The summed E-state index contributed by atoms with van der Waals surface area (Å²) in [5, 5.41) is 11.8. The SMILES string of the molecule is COC(=O)C[C@H](O)c1nccc2ccccc12. The van der Waals surface area contributed by atoms with E-state index in [1.54, 1.807) is 6.20 Å². The summed E-state index contributed by atoms with van der Waals surface area (Å²) in [7, 11) is 1.30. The van der Waals surface area contributed by atoms with E-state index in [4.69, 9.17) is 0 Å². The number of pyridine rings is 1. The third kappa shape index (κ3) is 2.42. The highest BCUT2D eigenvalue weighted by molar-refractivity contribution is 5.85. The van der Waals surface area contributed by atoms with Gasteiger partial charge >= 0.3 is 5.97 Å². The van der Waals surface area contributed by atoms with E-state index in [0.717, 1.165) is 10.8 Å². The van der Waals surface area contributed by atoms with Gasteiger partial charge in [0.2, 0.25) is 0 Å². The Bertz CT molecular complexity index is 534. The Hall–Kier alpha value is -1.94. The molecule has 1 heterocycles. The van der Waals surface area contributed by atoms with Crippen molar-refractivity contribution in [3.05, 3.63) is 42.2 Å². The van der Waals surface area contributed by atoms with Crippen LogP contribution in [0.2, 0.25) is 0 Å². The minimum Gasteiger partial charge on any atom is -0.469 e. The van der Waals surface area contributed by atoms with Crippen LogP contribution in [0.3, 0.4) is 0 Å². The van der Waals surface area contributed by atoms with Gasteiger partial charge in [-0.3, -0.25) is 9.78 Å². The maximum atomic E-state index is 11.1. The molecular formula is C13H13NO3. The molecule has 0 saturated heterocycles. The third-order valence-corrected chi connectivity index (χ3v) is 2.61. The van der Waals surface area contributed by atoms with Gasteiger partial charge in [-0.1, -0.05) is 24.3 Å². The van der Waals surface area contributed by atoms with Crippen molar-refractivity contribution in [2.24, 2.45) is 0 Å². The molecule has 0 saturated carbocycles. The van der Waals surface area contributed by atoms with Crippen LogP contribution >= 0.6 is 0 Å². The summed E-state index contributed by atoms with van der Waals surface area (Å²) in [4.78, 5) is 15.3. The molecule has 17 heavy (non-hydrogen) atoms. The summed E-state index contributed by atoms with van der Waals surface area (Å²) in [6, 6.07) is 9.46. The number of aliphatic hydroxyl groups excluding tert-OH is 1. The van der Waals surface area contributed by atoms with Crippen molar-refractivity contribution >= 4 is 16.7 Å². The van der Waals surface area contributed by atoms with Gasteiger partial charge in [-0.15, -0.1) is 0 Å².